The molecular formula is C18H24N4O3S. The van der Waals surface area contributed by atoms with E-state index >= 15 is 0 Å². The topological polar surface area (TPSA) is 82.7 Å². The monoisotopic (exact) mass is 376 g/mol. The molecule has 1 unspecified atom stereocenters. The number of carbonyl (C=O) groups excluding carboxylic acids is 2. The molecule has 0 aliphatic rings. The van der Waals surface area contributed by atoms with E-state index in [1.165, 1.54) is 18.9 Å². The van der Waals surface area contributed by atoms with Crippen LogP contribution in [0.2, 0.25) is 0 Å². The van der Waals surface area contributed by atoms with Crippen LogP contribution in [0.4, 0.5) is 16.2 Å². The lowest BCUT2D eigenvalue weighted by Crippen LogP contribution is -2.36. The summed E-state index contributed by atoms with van der Waals surface area (Å²) in [5.74, 6) is 0.326. The van der Waals surface area contributed by atoms with Gasteiger partial charge in [0.25, 0.3) is 0 Å². The maximum absolute atomic E-state index is 12.3. The van der Waals surface area contributed by atoms with Gasteiger partial charge < -0.3 is 25.6 Å². The molecule has 2 rings (SSSR count). The van der Waals surface area contributed by atoms with E-state index in [4.69, 9.17) is 4.74 Å². The van der Waals surface area contributed by atoms with Crippen molar-refractivity contribution in [2.75, 3.05) is 38.4 Å². The molecule has 0 aliphatic carbocycles. The van der Waals surface area contributed by atoms with Gasteiger partial charge in [-0.1, -0.05) is 6.07 Å². The number of methoxy groups -OCH3 is 1. The van der Waals surface area contributed by atoms with Gasteiger partial charge in [0, 0.05) is 24.0 Å². The van der Waals surface area contributed by atoms with Crippen molar-refractivity contribution in [1.29, 1.82) is 0 Å². The Balaban J connectivity index is 2.03. The first kappa shape index (κ1) is 19.7. The molecule has 1 aromatic heterocycles. The molecule has 0 radical (unpaired) electrons. The van der Waals surface area contributed by atoms with Crippen molar-refractivity contribution in [3.63, 3.8) is 0 Å². The van der Waals surface area contributed by atoms with Crippen LogP contribution < -0.4 is 20.7 Å². The third-order valence-electron chi connectivity index (χ3n) is 3.72. The van der Waals surface area contributed by atoms with Gasteiger partial charge in [-0.25, -0.2) is 4.79 Å². The van der Waals surface area contributed by atoms with Crippen molar-refractivity contribution in [2.45, 2.75) is 13.0 Å². The summed E-state index contributed by atoms with van der Waals surface area (Å²) in [5.41, 5.74) is 1.06. The average Bonchev–Trinajstić information content (AvgIpc) is 3.08. The zero-order valence-corrected chi connectivity index (χ0v) is 16.1. The summed E-state index contributed by atoms with van der Waals surface area (Å²) >= 11 is 1.66. The fourth-order valence-corrected chi connectivity index (χ4v) is 3.38. The van der Waals surface area contributed by atoms with E-state index in [-0.39, 0.29) is 18.0 Å². The number of nitrogens with zero attached hydrogens (tertiary/aromatic N) is 1. The SMILES string of the molecule is COc1ccc(NC(C)=O)cc1NC(=O)NCC(c1cccs1)N(C)C. The molecule has 0 saturated heterocycles. The van der Waals surface area contributed by atoms with Gasteiger partial charge in [0.05, 0.1) is 18.8 Å². The minimum atomic E-state index is -0.341. The molecule has 0 spiro atoms. The molecule has 0 aliphatic heterocycles. The van der Waals surface area contributed by atoms with Gasteiger partial charge in [-0.15, -0.1) is 11.3 Å². The minimum absolute atomic E-state index is 0.0911. The highest BCUT2D eigenvalue weighted by molar-refractivity contribution is 7.10. The lowest BCUT2D eigenvalue weighted by molar-refractivity contribution is -0.114. The van der Waals surface area contributed by atoms with Gasteiger partial charge in [-0.3, -0.25) is 4.79 Å². The van der Waals surface area contributed by atoms with Crippen LogP contribution in [0.25, 0.3) is 0 Å². The van der Waals surface area contributed by atoms with E-state index in [0.717, 1.165) is 0 Å². The number of anilines is 2. The molecule has 0 saturated carbocycles. The third-order valence-corrected chi connectivity index (χ3v) is 4.69. The summed E-state index contributed by atoms with van der Waals surface area (Å²) in [6.45, 7) is 1.89. The number of hydrogen-bond donors (Lipinski definition) is 3. The van der Waals surface area contributed by atoms with E-state index in [2.05, 4.69) is 26.9 Å². The fourth-order valence-electron chi connectivity index (χ4n) is 2.46. The second kappa shape index (κ2) is 9.21. The van der Waals surface area contributed by atoms with E-state index < -0.39 is 0 Å². The first-order valence-corrected chi connectivity index (χ1v) is 8.99. The minimum Gasteiger partial charge on any atom is -0.495 e. The van der Waals surface area contributed by atoms with E-state index in [1.54, 1.807) is 29.5 Å². The van der Waals surface area contributed by atoms with Gasteiger partial charge in [0.1, 0.15) is 5.75 Å². The number of nitrogens with one attached hydrogen (secondary N) is 3. The van der Waals surface area contributed by atoms with Crippen molar-refractivity contribution >= 4 is 34.6 Å². The van der Waals surface area contributed by atoms with Crippen molar-refractivity contribution in [3.05, 3.63) is 40.6 Å². The van der Waals surface area contributed by atoms with E-state index in [1.807, 2.05) is 25.5 Å². The number of thiophene rings is 1. The number of benzene rings is 1. The Kier molecular flexibility index (Phi) is 6.99. The Morgan fingerprint density at radius 2 is 2.00 bits per heavy atom. The lowest BCUT2D eigenvalue weighted by atomic mass is 10.2. The Morgan fingerprint density at radius 1 is 1.23 bits per heavy atom. The summed E-state index contributed by atoms with van der Waals surface area (Å²) in [6.07, 6.45) is 0. The molecule has 0 bridgehead atoms. The second-order valence-corrected chi connectivity index (χ2v) is 6.91. The number of hydrogen-bond acceptors (Lipinski definition) is 5. The van der Waals surface area contributed by atoms with Crippen molar-refractivity contribution < 1.29 is 14.3 Å². The van der Waals surface area contributed by atoms with Crippen molar-refractivity contribution in [1.82, 2.24) is 10.2 Å². The highest BCUT2D eigenvalue weighted by Gasteiger charge is 2.17. The number of rotatable bonds is 7. The molecule has 0 fully saturated rings. The highest BCUT2D eigenvalue weighted by Crippen LogP contribution is 2.28. The highest BCUT2D eigenvalue weighted by atomic mass is 32.1. The summed E-state index contributed by atoms with van der Waals surface area (Å²) in [4.78, 5) is 26.8. The predicted octanol–water partition coefficient (Wildman–Crippen LogP) is 3.14. The predicted molar refractivity (Wildman–Crippen MR) is 105 cm³/mol. The van der Waals surface area contributed by atoms with Crippen LogP contribution >= 0.6 is 11.3 Å². The first-order valence-electron chi connectivity index (χ1n) is 8.11. The maximum Gasteiger partial charge on any atom is 0.319 e. The van der Waals surface area contributed by atoms with Crippen molar-refractivity contribution in [2.24, 2.45) is 0 Å². The molecule has 26 heavy (non-hydrogen) atoms. The van der Waals surface area contributed by atoms with E-state index in [0.29, 0.717) is 23.7 Å². The Labute approximate surface area is 157 Å². The molecule has 7 nitrogen and oxygen atoms in total. The number of ether oxygens (including phenoxy) is 1. The van der Waals surface area contributed by atoms with Gasteiger partial charge >= 0.3 is 6.03 Å². The molecule has 1 atom stereocenters. The molecule has 1 heterocycles. The van der Waals surface area contributed by atoms with E-state index in [9.17, 15) is 9.59 Å². The Morgan fingerprint density at radius 3 is 2.58 bits per heavy atom. The zero-order valence-electron chi connectivity index (χ0n) is 15.3. The summed E-state index contributed by atoms with van der Waals surface area (Å²) in [6, 6.07) is 8.85. The maximum atomic E-state index is 12.3. The smallest absolute Gasteiger partial charge is 0.319 e. The third kappa shape index (κ3) is 5.47. The van der Waals surface area contributed by atoms with Crippen LogP contribution in [0.5, 0.6) is 5.75 Å². The number of urea groups is 1. The number of carbonyl (C=O) groups is 2. The Bertz CT molecular complexity index is 747. The second-order valence-electron chi connectivity index (χ2n) is 5.93. The summed E-state index contributed by atoms with van der Waals surface area (Å²) in [5, 5.41) is 10.4. The van der Waals surface area contributed by atoms with Gasteiger partial charge in [0.15, 0.2) is 0 Å². The van der Waals surface area contributed by atoms with Crippen LogP contribution in [0, 0.1) is 0 Å². The largest absolute Gasteiger partial charge is 0.495 e. The normalized spacial score (nSPS) is 11.7. The average molecular weight is 376 g/mol. The van der Waals surface area contributed by atoms with Crippen LogP contribution in [-0.4, -0.2) is 44.6 Å². The summed E-state index contributed by atoms with van der Waals surface area (Å²) in [7, 11) is 5.48. The lowest BCUT2D eigenvalue weighted by Gasteiger charge is -2.23. The van der Waals surface area contributed by atoms with Crippen LogP contribution in [0.15, 0.2) is 35.7 Å². The van der Waals surface area contributed by atoms with Crippen LogP contribution in [0.3, 0.4) is 0 Å². The molecule has 2 aromatic rings. The standard InChI is InChI=1S/C18H24N4O3S/c1-12(23)20-13-7-8-16(25-4)14(10-13)21-18(24)19-11-15(22(2)3)17-6-5-9-26-17/h5-10,15H,11H2,1-4H3,(H,20,23)(H2,19,21,24). The molecular weight excluding hydrogens is 352 g/mol. The molecule has 140 valence electrons. The number of amides is 3. The van der Waals surface area contributed by atoms with Gasteiger partial charge in [-0.2, -0.15) is 0 Å². The first-order chi connectivity index (χ1) is 12.4. The van der Waals surface area contributed by atoms with Gasteiger partial charge in [-0.05, 0) is 43.7 Å². The number of likely N-dealkylation sites (N-methyl/N-ethyl adjacent to an activating group) is 1. The summed E-state index contributed by atoms with van der Waals surface area (Å²) < 4.78 is 5.27. The molecule has 3 N–H and O–H groups in total. The van der Waals surface area contributed by atoms with Gasteiger partial charge in [0.2, 0.25) is 5.91 Å². The zero-order chi connectivity index (χ0) is 19.1. The van der Waals surface area contributed by atoms with Crippen molar-refractivity contribution in [3.8, 4) is 5.75 Å². The Hall–Kier alpha value is -2.58. The molecule has 8 heteroatoms. The fraction of sp³-hybridized carbons (Fsp3) is 0.333. The van der Waals surface area contributed by atoms with Crippen LogP contribution in [-0.2, 0) is 4.79 Å². The molecule has 3 amide bonds. The van der Waals surface area contributed by atoms with Crippen LogP contribution in [0.1, 0.15) is 17.8 Å². The molecule has 1 aromatic carbocycles. The quantitative estimate of drug-likeness (QED) is 0.693.